The zero-order valence-electron chi connectivity index (χ0n) is 16.7. The van der Waals surface area contributed by atoms with E-state index >= 15 is 0 Å². The third-order valence-electron chi connectivity index (χ3n) is 5.36. The molecule has 1 saturated carbocycles. The SMILES string of the molecule is Cc1c(C2CC2)nc2ccc(NC(=O)c3ccc(COc4ccccn4)cc3)cn12. The van der Waals surface area contributed by atoms with Crippen LogP contribution in [0.1, 0.15) is 46.1 Å². The minimum absolute atomic E-state index is 0.147. The van der Waals surface area contributed by atoms with Crippen LogP contribution in [0.4, 0.5) is 5.69 Å². The molecule has 5 rings (SSSR count). The number of nitrogens with zero attached hydrogens (tertiary/aromatic N) is 3. The number of anilines is 1. The Bertz CT molecular complexity index is 1200. The number of imidazole rings is 1. The molecule has 3 aromatic heterocycles. The Balaban J connectivity index is 1.26. The number of aromatic nitrogens is 3. The van der Waals surface area contributed by atoms with Crippen LogP contribution in [0, 0.1) is 6.92 Å². The number of fused-ring (bicyclic) bond motifs is 1. The maximum Gasteiger partial charge on any atom is 0.255 e. The summed E-state index contributed by atoms with van der Waals surface area (Å²) in [5, 5.41) is 2.98. The molecule has 150 valence electrons. The molecule has 6 nitrogen and oxygen atoms in total. The fourth-order valence-corrected chi connectivity index (χ4v) is 3.54. The molecule has 0 saturated heterocycles. The maximum atomic E-state index is 12.7. The van der Waals surface area contributed by atoms with E-state index < -0.39 is 0 Å². The molecule has 6 heteroatoms. The van der Waals surface area contributed by atoms with Crippen LogP contribution >= 0.6 is 0 Å². The number of carbonyl (C=O) groups is 1. The predicted octanol–water partition coefficient (Wildman–Crippen LogP) is 4.75. The first-order chi connectivity index (χ1) is 14.7. The van der Waals surface area contributed by atoms with Crippen molar-refractivity contribution < 1.29 is 9.53 Å². The molecule has 30 heavy (non-hydrogen) atoms. The number of pyridine rings is 2. The fraction of sp³-hybridized carbons (Fsp3) is 0.208. The molecule has 1 fully saturated rings. The van der Waals surface area contributed by atoms with Gasteiger partial charge in [-0.25, -0.2) is 9.97 Å². The van der Waals surface area contributed by atoms with Crippen molar-refractivity contribution >= 4 is 17.2 Å². The first-order valence-electron chi connectivity index (χ1n) is 10.1. The highest BCUT2D eigenvalue weighted by molar-refractivity contribution is 6.04. The molecular formula is C24H22N4O2. The van der Waals surface area contributed by atoms with Gasteiger partial charge in [-0.1, -0.05) is 18.2 Å². The predicted molar refractivity (Wildman–Crippen MR) is 115 cm³/mol. The molecule has 1 aliphatic rings. The molecule has 1 amide bonds. The summed E-state index contributed by atoms with van der Waals surface area (Å²) >= 11 is 0. The first kappa shape index (κ1) is 18.4. The molecule has 4 aromatic rings. The Labute approximate surface area is 174 Å². The van der Waals surface area contributed by atoms with Crippen molar-refractivity contribution in [3.63, 3.8) is 0 Å². The third-order valence-corrected chi connectivity index (χ3v) is 5.36. The lowest BCUT2D eigenvalue weighted by Crippen LogP contribution is -2.12. The smallest absolute Gasteiger partial charge is 0.255 e. The zero-order chi connectivity index (χ0) is 20.5. The van der Waals surface area contributed by atoms with Crippen LogP contribution in [-0.4, -0.2) is 20.3 Å². The van der Waals surface area contributed by atoms with Gasteiger partial charge in [-0.15, -0.1) is 0 Å². The maximum absolute atomic E-state index is 12.7. The van der Waals surface area contributed by atoms with Crippen molar-refractivity contribution in [1.82, 2.24) is 14.4 Å². The topological polar surface area (TPSA) is 68.5 Å². The molecule has 0 atom stereocenters. The number of nitrogens with one attached hydrogen (secondary N) is 1. The Morgan fingerprint density at radius 2 is 1.97 bits per heavy atom. The second-order valence-electron chi connectivity index (χ2n) is 7.61. The van der Waals surface area contributed by atoms with Crippen molar-refractivity contribution in [2.45, 2.75) is 32.3 Å². The van der Waals surface area contributed by atoms with E-state index in [1.54, 1.807) is 18.3 Å². The van der Waals surface area contributed by atoms with Gasteiger partial charge >= 0.3 is 0 Å². The van der Waals surface area contributed by atoms with Gasteiger partial charge in [0.25, 0.3) is 5.91 Å². The van der Waals surface area contributed by atoms with Crippen LogP contribution in [0.5, 0.6) is 5.88 Å². The van der Waals surface area contributed by atoms with Gasteiger partial charge in [0.05, 0.1) is 11.4 Å². The summed E-state index contributed by atoms with van der Waals surface area (Å²) in [6.45, 7) is 2.49. The van der Waals surface area contributed by atoms with E-state index in [0.29, 0.717) is 24.0 Å². The molecule has 0 spiro atoms. The summed E-state index contributed by atoms with van der Waals surface area (Å²) in [4.78, 5) is 21.5. The van der Waals surface area contributed by atoms with E-state index in [9.17, 15) is 4.79 Å². The largest absolute Gasteiger partial charge is 0.473 e. The Hall–Kier alpha value is -3.67. The number of carbonyl (C=O) groups excluding carboxylic acids is 1. The number of rotatable bonds is 6. The normalized spacial score (nSPS) is 13.4. The average molecular weight is 398 g/mol. The lowest BCUT2D eigenvalue weighted by Gasteiger charge is -2.08. The average Bonchev–Trinajstić information content (AvgIpc) is 3.57. The molecule has 0 unspecified atom stereocenters. The summed E-state index contributed by atoms with van der Waals surface area (Å²) in [5.74, 6) is 1.03. The van der Waals surface area contributed by atoms with E-state index in [2.05, 4.69) is 21.6 Å². The van der Waals surface area contributed by atoms with Crippen molar-refractivity contribution in [2.24, 2.45) is 0 Å². The summed E-state index contributed by atoms with van der Waals surface area (Å²) < 4.78 is 7.70. The highest BCUT2D eigenvalue weighted by Crippen LogP contribution is 2.41. The second kappa shape index (κ2) is 7.63. The summed E-state index contributed by atoms with van der Waals surface area (Å²) in [6.07, 6.45) is 6.07. The molecule has 0 aliphatic heterocycles. The highest BCUT2D eigenvalue weighted by Gasteiger charge is 2.28. The molecule has 0 bridgehead atoms. The van der Waals surface area contributed by atoms with Crippen LogP contribution in [0.25, 0.3) is 5.65 Å². The van der Waals surface area contributed by atoms with Crippen molar-refractivity contribution in [3.05, 3.63) is 89.5 Å². The van der Waals surface area contributed by atoms with Gasteiger partial charge in [0, 0.05) is 35.6 Å². The summed E-state index contributed by atoms with van der Waals surface area (Å²) in [5.41, 5.74) is 5.57. The number of hydrogen-bond donors (Lipinski definition) is 1. The molecule has 0 radical (unpaired) electrons. The fourth-order valence-electron chi connectivity index (χ4n) is 3.54. The Morgan fingerprint density at radius 3 is 2.70 bits per heavy atom. The van der Waals surface area contributed by atoms with Gasteiger partial charge in [0.2, 0.25) is 5.88 Å². The number of benzene rings is 1. The lowest BCUT2D eigenvalue weighted by atomic mass is 10.1. The lowest BCUT2D eigenvalue weighted by molar-refractivity contribution is 0.102. The van der Waals surface area contributed by atoms with Crippen molar-refractivity contribution in [3.8, 4) is 5.88 Å². The van der Waals surface area contributed by atoms with E-state index in [1.165, 1.54) is 18.5 Å². The zero-order valence-corrected chi connectivity index (χ0v) is 16.7. The number of hydrogen-bond acceptors (Lipinski definition) is 4. The van der Waals surface area contributed by atoms with Gasteiger partial charge in [-0.3, -0.25) is 4.79 Å². The number of amides is 1. The van der Waals surface area contributed by atoms with E-state index in [0.717, 1.165) is 22.6 Å². The molecule has 1 aromatic carbocycles. The van der Waals surface area contributed by atoms with Gasteiger partial charge in [0.1, 0.15) is 12.3 Å². The van der Waals surface area contributed by atoms with E-state index in [4.69, 9.17) is 9.72 Å². The van der Waals surface area contributed by atoms with Crippen LogP contribution in [0.15, 0.2) is 67.0 Å². The highest BCUT2D eigenvalue weighted by atomic mass is 16.5. The molecular weight excluding hydrogens is 376 g/mol. The first-order valence-corrected chi connectivity index (χ1v) is 10.1. The van der Waals surface area contributed by atoms with E-state index in [1.807, 2.05) is 48.7 Å². The number of ether oxygens (including phenoxy) is 1. The molecule has 1 aliphatic carbocycles. The Kier molecular flexibility index (Phi) is 4.67. The molecule has 3 heterocycles. The quantitative estimate of drug-likeness (QED) is 0.509. The standard InChI is InChI=1S/C24H22N4O2/c1-16-23(18-9-10-18)27-21-12-11-20(14-28(16)21)26-24(29)19-7-5-17(6-8-19)15-30-22-4-2-3-13-25-22/h2-8,11-14,18H,9-10,15H2,1H3,(H,26,29). The van der Waals surface area contributed by atoms with E-state index in [-0.39, 0.29) is 5.91 Å². The van der Waals surface area contributed by atoms with Crippen LogP contribution in [0.3, 0.4) is 0 Å². The monoisotopic (exact) mass is 398 g/mol. The van der Waals surface area contributed by atoms with Crippen molar-refractivity contribution in [2.75, 3.05) is 5.32 Å². The Morgan fingerprint density at radius 1 is 1.13 bits per heavy atom. The van der Waals surface area contributed by atoms with Gasteiger partial charge in [-0.2, -0.15) is 0 Å². The van der Waals surface area contributed by atoms with Gasteiger partial charge in [-0.05, 0) is 55.7 Å². The van der Waals surface area contributed by atoms with Crippen molar-refractivity contribution in [1.29, 1.82) is 0 Å². The number of aryl methyl sites for hydroxylation is 1. The summed E-state index contributed by atoms with van der Waals surface area (Å²) in [7, 11) is 0. The molecule has 1 N–H and O–H groups in total. The summed E-state index contributed by atoms with van der Waals surface area (Å²) in [6, 6.07) is 16.8. The van der Waals surface area contributed by atoms with Gasteiger partial charge in [0.15, 0.2) is 0 Å². The van der Waals surface area contributed by atoms with Gasteiger partial charge < -0.3 is 14.5 Å². The van der Waals surface area contributed by atoms with Crippen LogP contribution < -0.4 is 10.1 Å². The third kappa shape index (κ3) is 3.76. The minimum Gasteiger partial charge on any atom is -0.473 e. The minimum atomic E-state index is -0.147. The second-order valence-corrected chi connectivity index (χ2v) is 7.61. The van der Waals surface area contributed by atoms with Crippen LogP contribution in [-0.2, 0) is 6.61 Å². The van der Waals surface area contributed by atoms with Crippen LogP contribution in [0.2, 0.25) is 0 Å².